The van der Waals surface area contributed by atoms with E-state index in [0.717, 1.165) is 23.0 Å². The zero-order valence-corrected chi connectivity index (χ0v) is 11.8. The molecule has 0 heterocycles. The van der Waals surface area contributed by atoms with Crippen molar-refractivity contribution in [3.63, 3.8) is 0 Å². The van der Waals surface area contributed by atoms with Gasteiger partial charge in [0.25, 0.3) is 0 Å². The van der Waals surface area contributed by atoms with Crippen molar-refractivity contribution in [2.75, 3.05) is 20.3 Å². The molecule has 0 aliphatic carbocycles. The molecule has 17 heavy (non-hydrogen) atoms. The molecule has 4 nitrogen and oxygen atoms in total. The van der Waals surface area contributed by atoms with Crippen LogP contribution in [0.4, 0.5) is 0 Å². The molecule has 1 N–H and O–H groups in total. The van der Waals surface area contributed by atoms with Gasteiger partial charge in [-0.05, 0) is 53.6 Å². The largest absolute Gasteiger partial charge is 0.492 e. The number of benzene rings is 1. The smallest absolute Gasteiger partial charge is 0.335 e. The summed E-state index contributed by atoms with van der Waals surface area (Å²) >= 11 is 2.13. The Hall–Kier alpha value is -0.820. The van der Waals surface area contributed by atoms with Crippen LogP contribution < -0.4 is 4.74 Å². The minimum absolute atomic E-state index is 0.248. The Labute approximate surface area is 114 Å². The van der Waals surface area contributed by atoms with Gasteiger partial charge in [0.15, 0.2) is 0 Å². The lowest BCUT2D eigenvalue weighted by Crippen LogP contribution is -2.03. The van der Waals surface area contributed by atoms with Gasteiger partial charge in [0.1, 0.15) is 5.75 Å². The molecule has 0 saturated carbocycles. The molecular weight excluding hydrogens is 335 g/mol. The van der Waals surface area contributed by atoms with Crippen LogP contribution in [0.25, 0.3) is 0 Å². The Kier molecular flexibility index (Phi) is 6.28. The molecule has 1 rings (SSSR count). The zero-order chi connectivity index (χ0) is 12.7. The molecule has 5 heteroatoms. The van der Waals surface area contributed by atoms with Gasteiger partial charge in [-0.3, -0.25) is 0 Å². The van der Waals surface area contributed by atoms with Gasteiger partial charge in [0, 0.05) is 13.7 Å². The minimum Gasteiger partial charge on any atom is -0.492 e. The topological polar surface area (TPSA) is 55.8 Å². The highest BCUT2D eigenvalue weighted by atomic mass is 127. The summed E-state index contributed by atoms with van der Waals surface area (Å²) in [7, 11) is 1.67. The van der Waals surface area contributed by atoms with Gasteiger partial charge < -0.3 is 14.6 Å². The monoisotopic (exact) mass is 350 g/mol. The number of carbonyl (C=O) groups is 1. The number of halogens is 1. The number of rotatable bonds is 7. The number of methoxy groups -OCH3 is 1. The maximum Gasteiger partial charge on any atom is 0.335 e. The molecule has 0 aliphatic heterocycles. The van der Waals surface area contributed by atoms with E-state index in [9.17, 15) is 4.79 Å². The maximum atomic E-state index is 10.8. The van der Waals surface area contributed by atoms with Gasteiger partial charge >= 0.3 is 5.97 Å². The highest BCUT2D eigenvalue weighted by molar-refractivity contribution is 14.1. The third-order valence-electron chi connectivity index (χ3n) is 2.18. The number of hydrogen-bond donors (Lipinski definition) is 1. The number of carboxylic acids is 1. The maximum absolute atomic E-state index is 10.8. The zero-order valence-electron chi connectivity index (χ0n) is 9.61. The van der Waals surface area contributed by atoms with Gasteiger partial charge in [0.2, 0.25) is 0 Å². The van der Waals surface area contributed by atoms with E-state index < -0.39 is 5.97 Å². The second-order valence-electron chi connectivity index (χ2n) is 3.50. The fourth-order valence-electron chi connectivity index (χ4n) is 1.28. The van der Waals surface area contributed by atoms with E-state index >= 15 is 0 Å². The van der Waals surface area contributed by atoms with E-state index in [1.807, 2.05) is 0 Å². The normalized spacial score (nSPS) is 10.2. The summed E-state index contributed by atoms with van der Waals surface area (Å²) < 4.78 is 11.4. The SMILES string of the molecule is COCCCCOc1cc(C(=O)O)ccc1I. The number of aromatic carboxylic acids is 1. The summed E-state index contributed by atoms with van der Waals surface area (Å²) in [6.07, 6.45) is 1.83. The van der Waals surface area contributed by atoms with Crippen LogP contribution in [0.1, 0.15) is 23.2 Å². The van der Waals surface area contributed by atoms with Crippen LogP contribution in [0.15, 0.2) is 18.2 Å². The molecule has 94 valence electrons. The van der Waals surface area contributed by atoms with Crippen LogP contribution in [0.5, 0.6) is 5.75 Å². The molecule has 0 saturated heterocycles. The van der Waals surface area contributed by atoms with E-state index in [2.05, 4.69) is 22.6 Å². The predicted octanol–water partition coefficient (Wildman–Crippen LogP) is 2.79. The van der Waals surface area contributed by atoms with E-state index in [1.54, 1.807) is 25.3 Å². The fraction of sp³-hybridized carbons (Fsp3) is 0.417. The first-order valence-electron chi connectivity index (χ1n) is 5.29. The van der Waals surface area contributed by atoms with Gasteiger partial charge in [0.05, 0.1) is 15.7 Å². The van der Waals surface area contributed by atoms with Crippen molar-refractivity contribution in [2.45, 2.75) is 12.8 Å². The van der Waals surface area contributed by atoms with Gasteiger partial charge in [-0.1, -0.05) is 0 Å². The molecule has 0 aliphatic rings. The van der Waals surface area contributed by atoms with Crippen molar-refractivity contribution in [3.8, 4) is 5.75 Å². The number of carboxylic acid groups (broad SMARTS) is 1. The lowest BCUT2D eigenvalue weighted by Gasteiger charge is -2.08. The van der Waals surface area contributed by atoms with Gasteiger partial charge in [-0.15, -0.1) is 0 Å². The van der Waals surface area contributed by atoms with Crippen LogP contribution in [-0.2, 0) is 4.74 Å². The minimum atomic E-state index is -0.939. The van der Waals surface area contributed by atoms with Crippen molar-refractivity contribution in [3.05, 3.63) is 27.3 Å². The number of hydrogen-bond acceptors (Lipinski definition) is 3. The molecule has 0 radical (unpaired) electrons. The molecule has 0 spiro atoms. The van der Waals surface area contributed by atoms with Crippen LogP contribution in [0.2, 0.25) is 0 Å². The lowest BCUT2D eigenvalue weighted by molar-refractivity contribution is 0.0696. The second-order valence-corrected chi connectivity index (χ2v) is 4.66. The Balaban J connectivity index is 2.51. The predicted molar refractivity (Wildman–Crippen MR) is 72.7 cm³/mol. The van der Waals surface area contributed by atoms with Crippen LogP contribution >= 0.6 is 22.6 Å². The van der Waals surface area contributed by atoms with E-state index in [0.29, 0.717) is 12.4 Å². The molecule has 0 atom stereocenters. The quantitative estimate of drug-likeness (QED) is 0.607. The molecule has 0 aromatic heterocycles. The average molecular weight is 350 g/mol. The van der Waals surface area contributed by atoms with Crippen LogP contribution in [-0.4, -0.2) is 31.4 Å². The Morgan fingerprint density at radius 2 is 2.06 bits per heavy atom. The summed E-state index contributed by atoms with van der Waals surface area (Å²) in [6.45, 7) is 1.29. The highest BCUT2D eigenvalue weighted by Crippen LogP contribution is 2.22. The van der Waals surface area contributed by atoms with Crippen molar-refractivity contribution in [2.24, 2.45) is 0 Å². The fourth-order valence-corrected chi connectivity index (χ4v) is 1.77. The second kappa shape index (κ2) is 7.50. The molecule has 1 aromatic rings. The highest BCUT2D eigenvalue weighted by Gasteiger charge is 2.07. The van der Waals surface area contributed by atoms with Crippen LogP contribution in [0.3, 0.4) is 0 Å². The first kappa shape index (κ1) is 14.2. The Morgan fingerprint density at radius 1 is 1.35 bits per heavy atom. The lowest BCUT2D eigenvalue weighted by atomic mass is 10.2. The first-order valence-corrected chi connectivity index (χ1v) is 6.37. The molecule has 0 unspecified atom stereocenters. The molecule has 0 amide bonds. The van der Waals surface area contributed by atoms with E-state index in [1.165, 1.54) is 0 Å². The standard InChI is InChI=1S/C12H15IO4/c1-16-6-2-3-7-17-11-8-9(12(14)15)4-5-10(11)13/h4-5,8H,2-3,6-7H2,1H3,(H,14,15). The third kappa shape index (κ3) is 4.91. The Bertz CT molecular complexity index is 379. The number of unbranched alkanes of at least 4 members (excludes halogenated alkanes) is 1. The van der Waals surface area contributed by atoms with Crippen molar-refractivity contribution >= 4 is 28.6 Å². The molecule has 0 bridgehead atoms. The summed E-state index contributed by atoms with van der Waals surface area (Å²) in [4.78, 5) is 10.8. The van der Waals surface area contributed by atoms with Crippen molar-refractivity contribution in [1.29, 1.82) is 0 Å². The van der Waals surface area contributed by atoms with Crippen molar-refractivity contribution in [1.82, 2.24) is 0 Å². The van der Waals surface area contributed by atoms with Crippen molar-refractivity contribution < 1.29 is 19.4 Å². The summed E-state index contributed by atoms with van der Waals surface area (Å²) in [5, 5.41) is 8.87. The first-order chi connectivity index (χ1) is 8.15. The van der Waals surface area contributed by atoms with E-state index in [-0.39, 0.29) is 5.56 Å². The Morgan fingerprint density at radius 3 is 2.71 bits per heavy atom. The third-order valence-corrected chi connectivity index (χ3v) is 3.07. The summed E-state index contributed by atoms with van der Waals surface area (Å²) in [5.41, 5.74) is 0.248. The van der Waals surface area contributed by atoms with Gasteiger partial charge in [-0.25, -0.2) is 4.79 Å². The van der Waals surface area contributed by atoms with Gasteiger partial charge in [-0.2, -0.15) is 0 Å². The molecule has 0 fully saturated rings. The summed E-state index contributed by atoms with van der Waals surface area (Å²) in [6, 6.07) is 4.87. The van der Waals surface area contributed by atoms with Crippen LogP contribution in [0, 0.1) is 3.57 Å². The summed E-state index contributed by atoms with van der Waals surface area (Å²) in [5.74, 6) is -0.312. The average Bonchev–Trinajstić information content (AvgIpc) is 2.30. The molecular formula is C12H15IO4. The number of ether oxygens (including phenoxy) is 2. The molecule has 1 aromatic carbocycles. The van der Waals surface area contributed by atoms with E-state index in [4.69, 9.17) is 14.6 Å².